The normalized spacial score (nSPS) is 13.9. The van der Waals surface area contributed by atoms with Crippen molar-refractivity contribution in [2.24, 2.45) is 5.92 Å². The number of anilines is 1. The summed E-state index contributed by atoms with van der Waals surface area (Å²) in [6.07, 6.45) is 0.683. The molecule has 0 aliphatic carbocycles. The van der Waals surface area contributed by atoms with Crippen LogP contribution in [0.2, 0.25) is 0 Å². The molecule has 0 bridgehead atoms. The summed E-state index contributed by atoms with van der Waals surface area (Å²) < 4.78 is 10.8. The predicted molar refractivity (Wildman–Crippen MR) is 81.1 cm³/mol. The Bertz CT molecular complexity index is 428. The van der Waals surface area contributed by atoms with Crippen LogP contribution in [-0.2, 0) is 9.53 Å². The molecule has 4 heteroatoms. The van der Waals surface area contributed by atoms with E-state index >= 15 is 0 Å². The zero-order valence-corrected chi connectivity index (χ0v) is 13.0. The number of ether oxygens (including phenoxy) is 2. The molecule has 1 aromatic rings. The predicted octanol–water partition coefficient (Wildman–Crippen LogP) is 3.48. The molecule has 0 radical (unpaired) electrons. The van der Waals surface area contributed by atoms with E-state index in [1.165, 1.54) is 0 Å². The van der Waals surface area contributed by atoms with Gasteiger partial charge >= 0.3 is 0 Å². The molecule has 0 aliphatic heterocycles. The third kappa shape index (κ3) is 4.53. The van der Waals surface area contributed by atoms with Crippen molar-refractivity contribution >= 4 is 11.6 Å². The van der Waals surface area contributed by atoms with Crippen molar-refractivity contribution in [1.29, 1.82) is 0 Å². The second kappa shape index (κ2) is 7.29. The summed E-state index contributed by atoms with van der Waals surface area (Å²) in [7, 11) is 1.61. The summed E-state index contributed by atoms with van der Waals surface area (Å²) >= 11 is 0. The maximum absolute atomic E-state index is 12.4. The summed E-state index contributed by atoms with van der Waals surface area (Å²) in [6, 6.07) is 7.27. The Balaban J connectivity index is 2.79. The molecule has 1 rings (SSSR count). The molecule has 0 heterocycles. The monoisotopic (exact) mass is 279 g/mol. The minimum absolute atomic E-state index is 0.113. The van der Waals surface area contributed by atoms with Gasteiger partial charge in [0.05, 0.1) is 7.11 Å². The molecular weight excluding hydrogens is 254 g/mol. The number of methoxy groups -OCH3 is 1. The maximum atomic E-state index is 12.4. The van der Waals surface area contributed by atoms with Crippen molar-refractivity contribution < 1.29 is 14.3 Å². The lowest BCUT2D eigenvalue weighted by Gasteiger charge is -2.29. The number of carbonyl (C=O) groups excluding carboxylic acids is 1. The fourth-order valence-electron chi connectivity index (χ4n) is 2.25. The summed E-state index contributed by atoms with van der Waals surface area (Å²) in [5, 5.41) is 2.90. The van der Waals surface area contributed by atoms with Crippen LogP contribution >= 0.6 is 0 Å². The second-order valence-corrected chi connectivity index (χ2v) is 5.44. The molecule has 0 fully saturated rings. The van der Waals surface area contributed by atoms with E-state index in [4.69, 9.17) is 9.47 Å². The minimum atomic E-state index is -0.803. The van der Waals surface area contributed by atoms with Gasteiger partial charge in [-0.25, -0.2) is 0 Å². The molecule has 1 atom stereocenters. The van der Waals surface area contributed by atoms with E-state index in [0.717, 1.165) is 11.4 Å². The first-order valence-electron chi connectivity index (χ1n) is 7.00. The van der Waals surface area contributed by atoms with Gasteiger partial charge < -0.3 is 14.8 Å². The van der Waals surface area contributed by atoms with E-state index in [9.17, 15) is 4.79 Å². The summed E-state index contributed by atoms with van der Waals surface area (Å²) in [4.78, 5) is 12.4. The van der Waals surface area contributed by atoms with Crippen LogP contribution in [0.25, 0.3) is 0 Å². The van der Waals surface area contributed by atoms with Crippen molar-refractivity contribution in [3.8, 4) is 5.75 Å². The molecule has 0 aromatic heterocycles. The van der Waals surface area contributed by atoms with Gasteiger partial charge in [0.1, 0.15) is 11.4 Å². The summed E-state index contributed by atoms with van der Waals surface area (Å²) in [5.74, 6) is 1.03. The number of hydrogen-bond donors (Lipinski definition) is 1. The second-order valence-electron chi connectivity index (χ2n) is 5.44. The van der Waals surface area contributed by atoms with E-state index in [1.807, 2.05) is 38.1 Å². The van der Waals surface area contributed by atoms with Crippen LogP contribution in [0.4, 0.5) is 5.69 Å². The molecule has 0 saturated carbocycles. The van der Waals surface area contributed by atoms with Crippen molar-refractivity contribution in [2.75, 3.05) is 19.0 Å². The lowest BCUT2D eigenvalue weighted by atomic mass is 9.93. The number of carbonyl (C=O) groups is 1. The Morgan fingerprint density at radius 1 is 1.30 bits per heavy atom. The average molecular weight is 279 g/mol. The van der Waals surface area contributed by atoms with Gasteiger partial charge in [0.25, 0.3) is 5.91 Å². The highest BCUT2D eigenvalue weighted by molar-refractivity contribution is 5.97. The quantitative estimate of drug-likeness (QED) is 0.831. The number of amides is 1. The van der Waals surface area contributed by atoms with Crippen molar-refractivity contribution in [1.82, 2.24) is 0 Å². The summed E-state index contributed by atoms with van der Waals surface area (Å²) in [6.45, 7) is 8.42. The van der Waals surface area contributed by atoms with Gasteiger partial charge in [0.2, 0.25) is 0 Å². The third-order valence-corrected chi connectivity index (χ3v) is 3.09. The van der Waals surface area contributed by atoms with Gasteiger partial charge in [-0.15, -0.1) is 0 Å². The molecule has 1 N–H and O–H groups in total. The van der Waals surface area contributed by atoms with Crippen molar-refractivity contribution in [2.45, 2.75) is 39.7 Å². The number of benzene rings is 1. The molecule has 0 aliphatic rings. The van der Waals surface area contributed by atoms with Crippen molar-refractivity contribution in [3.05, 3.63) is 24.3 Å². The number of rotatable bonds is 7. The smallest absolute Gasteiger partial charge is 0.256 e. The fraction of sp³-hybridized carbons (Fsp3) is 0.562. The van der Waals surface area contributed by atoms with Gasteiger partial charge in [-0.1, -0.05) is 13.8 Å². The van der Waals surface area contributed by atoms with E-state index in [2.05, 4.69) is 19.2 Å². The first-order valence-corrected chi connectivity index (χ1v) is 7.00. The number of hydrogen-bond acceptors (Lipinski definition) is 3. The molecule has 20 heavy (non-hydrogen) atoms. The molecule has 0 unspecified atom stereocenters. The van der Waals surface area contributed by atoms with Crippen molar-refractivity contribution in [3.63, 3.8) is 0 Å². The van der Waals surface area contributed by atoms with Gasteiger partial charge in [-0.3, -0.25) is 4.79 Å². The SMILES string of the molecule is CCO[C@](C)(CC(C)C)C(=O)Nc1ccc(OC)cc1. The molecule has 1 aromatic carbocycles. The van der Waals surface area contributed by atoms with Gasteiger partial charge in [-0.2, -0.15) is 0 Å². The Morgan fingerprint density at radius 3 is 2.35 bits per heavy atom. The van der Waals surface area contributed by atoms with E-state index in [-0.39, 0.29) is 5.91 Å². The summed E-state index contributed by atoms with van der Waals surface area (Å²) in [5.41, 5.74) is -0.0615. The first-order chi connectivity index (χ1) is 9.41. The third-order valence-electron chi connectivity index (χ3n) is 3.09. The maximum Gasteiger partial charge on any atom is 0.256 e. The Labute approximate surface area is 121 Å². The van der Waals surface area contributed by atoms with E-state index in [0.29, 0.717) is 18.9 Å². The Kier molecular flexibility index (Phi) is 6.02. The standard InChI is InChI=1S/C16H25NO3/c1-6-20-16(4,11-12(2)3)15(18)17-13-7-9-14(19-5)10-8-13/h7-10,12H,6,11H2,1-5H3,(H,17,18)/t16-/m1/s1. The highest BCUT2D eigenvalue weighted by Crippen LogP contribution is 2.24. The average Bonchev–Trinajstić information content (AvgIpc) is 2.39. The topological polar surface area (TPSA) is 47.6 Å². The van der Waals surface area contributed by atoms with Gasteiger partial charge in [-0.05, 0) is 50.5 Å². The largest absolute Gasteiger partial charge is 0.497 e. The lowest BCUT2D eigenvalue weighted by molar-refractivity contribution is -0.140. The Morgan fingerprint density at radius 2 is 1.90 bits per heavy atom. The van der Waals surface area contributed by atoms with Crippen LogP contribution in [0.15, 0.2) is 24.3 Å². The highest BCUT2D eigenvalue weighted by Gasteiger charge is 2.34. The lowest BCUT2D eigenvalue weighted by Crippen LogP contribution is -2.43. The fourth-order valence-corrected chi connectivity index (χ4v) is 2.25. The van der Waals surface area contributed by atoms with E-state index < -0.39 is 5.60 Å². The molecule has 0 saturated heterocycles. The molecule has 0 spiro atoms. The van der Waals surface area contributed by atoms with Crippen LogP contribution in [0.5, 0.6) is 5.75 Å². The molecule has 112 valence electrons. The van der Waals surface area contributed by atoms with Crippen LogP contribution in [0.1, 0.15) is 34.1 Å². The van der Waals surface area contributed by atoms with Crippen LogP contribution in [-0.4, -0.2) is 25.2 Å². The minimum Gasteiger partial charge on any atom is -0.497 e. The van der Waals surface area contributed by atoms with E-state index in [1.54, 1.807) is 7.11 Å². The van der Waals surface area contributed by atoms with Crippen LogP contribution in [0.3, 0.4) is 0 Å². The zero-order chi connectivity index (χ0) is 15.2. The number of nitrogens with one attached hydrogen (secondary N) is 1. The highest BCUT2D eigenvalue weighted by atomic mass is 16.5. The van der Waals surface area contributed by atoms with Crippen LogP contribution < -0.4 is 10.1 Å². The zero-order valence-electron chi connectivity index (χ0n) is 13.0. The van der Waals surface area contributed by atoms with Gasteiger partial charge in [0, 0.05) is 12.3 Å². The van der Waals surface area contributed by atoms with Crippen LogP contribution in [0, 0.1) is 5.92 Å². The Hall–Kier alpha value is -1.55. The molecular formula is C16H25NO3. The van der Waals surface area contributed by atoms with Gasteiger partial charge in [0.15, 0.2) is 0 Å². The molecule has 1 amide bonds. The molecule has 4 nitrogen and oxygen atoms in total. The first kappa shape index (κ1) is 16.5.